The van der Waals surface area contributed by atoms with Crippen molar-refractivity contribution in [1.29, 1.82) is 0 Å². The van der Waals surface area contributed by atoms with Crippen molar-refractivity contribution in [3.05, 3.63) is 59.8 Å². The number of anilines is 1. The second-order valence-corrected chi connectivity index (χ2v) is 7.98. The number of nitrogens with one attached hydrogen (secondary N) is 2. The summed E-state index contributed by atoms with van der Waals surface area (Å²) < 4.78 is 18.8. The predicted molar refractivity (Wildman–Crippen MR) is 99.5 cm³/mol. The van der Waals surface area contributed by atoms with E-state index in [1.165, 1.54) is 35.2 Å². The zero-order chi connectivity index (χ0) is 18.4. The number of hydrogen-bond donors (Lipinski definition) is 2. The predicted octanol–water partition coefficient (Wildman–Crippen LogP) is 3.68. The smallest absolute Gasteiger partial charge is 0.233 e. The summed E-state index contributed by atoms with van der Waals surface area (Å²) in [4.78, 5) is 12.2. The minimum Gasteiger partial charge on any atom is -0.467 e. The van der Waals surface area contributed by atoms with E-state index >= 15 is 0 Å². The molecule has 0 spiro atoms. The number of carbonyl (C=O) groups excluding carboxylic acids is 1. The van der Waals surface area contributed by atoms with Crippen LogP contribution in [0.4, 0.5) is 9.52 Å². The van der Waals surface area contributed by atoms with Gasteiger partial charge in [-0.25, -0.2) is 4.39 Å². The van der Waals surface area contributed by atoms with Gasteiger partial charge in [0.1, 0.15) is 11.6 Å². The van der Waals surface area contributed by atoms with Crippen LogP contribution in [0.5, 0.6) is 0 Å². The number of hydrogen-bond acceptors (Lipinski definition) is 7. The summed E-state index contributed by atoms with van der Waals surface area (Å²) in [6.45, 7) is 2.69. The molecule has 0 bridgehead atoms. The van der Waals surface area contributed by atoms with E-state index in [0.29, 0.717) is 22.6 Å². The SMILES string of the molecule is C[C@@H](Sc1nnc(NCc2ccco2)s1)C(=O)NCc1ccc(F)cc1. The number of carbonyl (C=O) groups is 1. The number of halogens is 1. The van der Waals surface area contributed by atoms with E-state index < -0.39 is 0 Å². The van der Waals surface area contributed by atoms with E-state index in [2.05, 4.69) is 20.8 Å². The van der Waals surface area contributed by atoms with Gasteiger partial charge in [-0.3, -0.25) is 4.79 Å². The molecule has 3 aromatic rings. The van der Waals surface area contributed by atoms with Crippen molar-refractivity contribution in [1.82, 2.24) is 15.5 Å². The van der Waals surface area contributed by atoms with E-state index in [1.54, 1.807) is 18.4 Å². The first kappa shape index (κ1) is 18.4. The van der Waals surface area contributed by atoms with Crippen molar-refractivity contribution in [3.63, 3.8) is 0 Å². The zero-order valence-corrected chi connectivity index (χ0v) is 15.6. The highest BCUT2D eigenvalue weighted by molar-refractivity contribution is 8.02. The van der Waals surface area contributed by atoms with Crippen LogP contribution in [-0.2, 0) is 17.9 Å². The van der Waals surface area contributed by atoms with Crippen molar-refractivity contribution in [2.24, 2.45) is 0 Å². The van der Waals surface area contributed by atoms with Crippen LogP contribution in [-0.4, -0.2) is 21.4 Å². The summed E-state index contributed by atoms with van der Waals surface area (Å²) in [5.41, 5.74) is 0.845. The van der Waals surface area contributed by atoms with Crippen LogP contribution >= 0.6 is 23.1 Å². The highest BCUT2D eigenvalue weighted by Crippen LogP contribution is 2.29. The molecule has 1 amide bonds. The molecule has 0 fully saturated rings. The highest BCUT2D eigenvalue weighted by Gasteiger charge is 2.17. The Morgan fingerprint density at radius 2 is 2.08 bits per heavy atom. The Kier molecular flexibility index (Phi) is 6.24. The molecule has 0 unspecified atom stereocenters. The maximum Gasteiger partial charge on any atom is 0.233 e. The van der Waals surface area contributed by atoms with Crippen LogP contribution in [0, 0.1) is 5.82 Å². The average Bonchev–Trinajstić information content (AvgIpc) is 3.31. The van der Waals surface area contributed by atoms with Gasteiger partial charge < -0.3 is 15.1 Å². The van der Waals surface area contributed by atoms with Gasteiger partial charge in [-0.15, -0.1) is 10.2 Å². The lowest BCUT2D eigenvalue weighted by atomic mass is 10.2. The van der Waals surface area contributed by atoms with Gasteiger partial charge in [-0.05, 0) is 36.8 Å². The molecule has 0 aliphatic rings. The first-order valence-corrected chi connectivity index (χ1v) is 9.58. The van der Waals surface area contributed by atoms with Crippen molar-refractivity contribution in [2.45, 2.75) is 29.6 Å². The molecule has 1 aromatic carbocycles. The monoisotopic (exact) mass is 392 g/mol. The van der Waals surface area contributed by atoms with E-state index in [1.807, 2.05) is 19.1 Å². The molecule has 0 aliphatic heterocycles. The summed E-state index contributed by atoms with van der Waals surface area (Å²) in [6.07, 6.45) is 1.62. The third-order valence-corrected chi connectivity index (χ3v) is 5.49. The maximum absolute atomic E-state index is 12.9. The van der Waals surface area contributed by atoms with Crippen molar-refractivity contribution < 1.29 is 13.6 Å². The Balaban J connectivity index is 1.45. The number of nitrogens with zero attached hydrogens (tertiary/aromatic N) is 2. The number of thioether (sulfide) groups is 1. The molecule has 0 saturated carbocycles. The lowest BCUT2D eigenvalue weighted by molar-refractivity contribution is -0.120. The van der Waals surface area contributed by atoms with Crippen LogP contribution in [0.3, 0.4) is 0 Å². The van der Waals surface area contributed by atoms with Crippen LogP contribution in [0.2, 0.25) is 0 Å². The Bertz CT molecular complexity index is 837. The Morgan fingerprint density at radius 3 is 2.81 bits per heavy atom. The quantitative estimate of drug-likeness (QED) is 0.569. The van der Waals surface area contributed by atoms with Gasteiger partial charge >= 0.3 is 0 Å². The summed E-state index contributed by atoms with van der Waals surface area (Å²) in [5, 5.41) is 14.5. The van der Waals surface area contributed by atoms with E-state index in [4.69, 9.17) is 4.42 Å². The van der Waals surface area contributed by atoms with Crippen molar-refractivity contribution in [3.8, 4) is 0 Å². The number of benzene rings is 1. The molecule has 0 saturated heterocycles. The molecule has 2 N–H and O–H groups in total. The zero-order valence-electron chi connectivity index (χ0n) is 13.9. The van der Waals surface area contributed by atoms with E-state index in [0.717, 1.165) is 11.3 Å². The Labute approximate surface area is 158 Å². The van der Waals surface area contributed by atoms with Gasteiger partial charge in [-0.2, -0.15) is 0 Å². The number of rotatable bonds is 8. The first-order chi connectivity index (χ1) is 12.6. The third-order valence-electron chi connectivity index (χ3n) is 3.43. The summed E-state index contributed by atoms with van der Waals surface area (Å²) in [7, 11) is 0. The van der Waals surface area contributed by atoms with Crippen LogP contribution in [0.25, 0.3) is 0 Å². The minimum atomic E-state index is -0.318. The lowest BCUT2D eigenvalue weighted by Gasteiger charge is -2.10. The number of furan rings is 1. The standard InChI is InChI=1S/C17H17FN4O2S2/c1-11(15(23)19-9-12-4-6-13(18)7-5-12)25-17-22-21-16(26-17)20-10-14-3-2-8-24-14/h2-8,11H,9-10H2,1H3,(H,19,23)(H,20,21)/t11-/m1/s1. The third kappa shape index (κ3) is 5.30. The van der Waals surface area contributed by atoms with E-state index in [9.17, 15) is 9.18 Å². The molecule has 9 heteroatoms. The fourth-order valence-corrected chi connectivity index (χ4v) is 3.96. The number of amides is 1. The fourth-order valence-electron chi connectivity index (χ4n) is 2.04. The average molecular weight is 392 g/mol. The van der Waals surface area contributed by atoms with Gasteiger partial charge in [0.05, 0.1) is 18.1 Å². The molecule has 1 atom stereocenters. The molecule has 2 aromatic heterocycles. The van der Waals surface area contributed by atoms with Crippen LogP contribution in [0.1, 0.15) is 18.2 Å². The van der Waals surface area contributed by atoms with Crippen molar-refractivity contribution >= 4 is 34.1 Å². The molecular weight excluding hydrogens is 375 g/mol. The van der Waals surface area contributed by atoms with Gasteiger partial charge in [-0.1, -0.05) is 35.2 Å². The number of aromatic nitrogens is 2. The highest BCUT2D eigenvalue weighted by atomic mass is 32.2. The van der Waals surface area contributed by atoms with Crippen LogP contribution < -0.4 is 10.6 Å². The lowest BCUT2D eigenvalue weighted by Crippen LogP contribution is -2.30. The largest absolute Gasteiger partial charge is 0.467 e. The maximum atomic E-state index is 12.9. The molecule has 2 heterocycles. The van der Waals surface area contributed by atoms with Gasteiger partial charge in [0.25, 0.3) is 0 Å². The second kappa shape index (κ2) is 8.81. The molecule has 6 nitrogen and oxygen atoms in total. The van der Waals surface area contributed by atoms with Gasteiger partial charge in [0.15, 0.2) is 4.34 Å². The molecule has 26 heavy (non-hydrogen) atoms. The second-order valence-electron chi connectivity index (χ2n) is 5.41. The fraction of sp³-hybridized carbons (Fsp3) is 0.235. The van der Waals surface area contributed by atoms with Crippen LogP contribution in [0.15, 0.2) is 51.4 Å². The van der Waals surface area contributed by atoms with Gasteiger partial charge in [0.2, 0.25) is 11.0 Å². The molecule has 0 aliphatic carbocycles. The summed E-state index contributed by atoms with van der Waals surface area (Å²) in [6, 6.07) is 9.74. The minimum absolute atomic E-state index is 0.111. The van der Waals surface area contributed by atoms with Crippen molar-refractivity contribution in [2.75, 3.05) is 5.32 Å². The molecule has 3 rings (SSSR count). The first-order valence-electron chi connectivity index (χ1n) is 7.89. The Hall–Kier alpha value is -2.39. The van der Waals surface area contributed by atoms with Gasteiger partial charge in [0, 0.05) is 6.54 Å². The molecular formula is C17H17FN4O2S2. The Morgan fingerprint density at radius 1 is 1.27 bits per heavy atom. The van der Waals surface area contributed by atoms with E-state index in [-0.39, 0.29) is 17.0 Å². The molecule has 136 valence electrons. The summed E-state index contributed by atoms with van der Waals surface area (Å²) in [5.74, 6) is 0.402. The summed E-state index contributed by atoms with van der Waals surface area (Å²) >= 11 is 2.73. The normalized spacial score (nSPS) is 11.9. The molecule has 0 radical (unpaired) electrons. The topological polar surface area (TPSA) is 80.1 Å².